The fourth-order valence-corrected chi connectivity index (χ4v) is 2.27. The molecule has 0 saturated heterocycles. The first-order valence-corrected chi connectivity index (χ1v) is 6.69. The quantitative estimate of drug-likeness (QED) is 0.514. The van der Waals surface area contributed by atoms with Gasteiger partial charge < -0.3 is 0 Å². The molecule has 0 atom stereocenters. The SMILES string of the molecule is CCCP(C)(C)(C)F. The molecule has 0 aromatic carbocycles. The van der Waals surface area contributed by atoms with Crippen LogP contribution in [0.3, 0.4) is 0 Å². The summed E-state index contributed by atoms with van der Waals surface area (Å²) in [6.07, 6.45) is 1.74. The van der Waals surface area contributed by atoms with Crippen molar-refractivity contribution in [2.45, 2.75) is 13.3 Å². The fraction of sp³-hybridized carbons (Fsp3) is 1.00. The van der Waals surface area contributed by atoms with Crippen molar-refractivity contribution in [3.05, 3.63) is 0 Å². The molecule has 0 nitrogen and oxygen atoms in total. The summed E-state index contributed by atoms with van der Waals surface area (Å²) in [6, 6.07) is 0. The van der Waals surface area contributed by atoms with Gasteiger partial charge in [0, 0.05) is 0 Å². The topological polar surface area (TPSA) is 0 Å². The van der Waals surface area contributed by atoms with E-state index in [1.165, 1.54) is 0 Å². The molecule has 0 radical (unpaired) electrons. The molecule has 0 aromatic heterocycles. The molecule has 0 unspecified atom stereocenters. The van der Waals surface area contributed by atoms with E-state index in [4.69, 9.17) is 0 Å². The second-order valence-electron chi connectivity index (χ2n) is 3.64. The van der Waals surface area contributed by atoms with Crippen LogP contribution in [0.1, 0.15) is 13.3 Å². The van der Waals surface area contributed by atoms with Crippen molar-refractivity contribution in [1.82, 2.24) is 0 Å². The molecule has 0 aliphatic heterocycles. The Bertz CT molecular complexity index is 71.0. The average Bonchev–Trinajstić information content (AvgIpc) is 1.25. The van der Waals surface area contributed by atoms with E-state index in [1.807, 2.05) is 6.92 Å². The van der Waals surface area contributed by atoms with E-state index in [1.54, 1.807) is 20.0 Å². The predicted octanol–water partition coefficient (Wildman–Crippen LogP) is 2.72. The van der Waals surface area contributed by atoms with Gasteiger partial charge in [0.05, 0.1) is 0 Å². The van der Waals surface area contributed by atoms with Gasteiger partial charge in [0.25, 0.3) is 0 Å². The summed E-state index contributed by atoms with van der Waals surface area (Å²) in [4.78, 5) is 0. The summed E-state index contributed by atoms with van der Waals surface area (Å²) in [7, 11) is 0. The zero-order valence-corrected chi connectivity index (χ0v) is 7.13. The Morgan fingerprint density at radius 1 is 1.25 bits per heavy atom. The summed E-state index contributed by atoms with van der Waals surface area (Å²) in [5.74, 6) is 0. The third-order valence-corrected chi connectivity index (χ3v) is 2.94. The summed E-state index contributed by atoms with van der Waals surface area (Å²) in [5, 5.41) is 0. The van der Waals surface area contributed by atoms with E-state index in [0.29, 0.717) is 0 Å². The van der Waals surface area contributed by atoms with Crippen LogP contribution in [-0.4, -0.2) is 26.2 Å². The average molecular weight is 138 g/mol. The summed E-state index contributed by atoms with van der Waals surface area (Å²) in [5.41, 5.74) is 0. The van der Waals surface area contributed by atoms with Crippen molar-refractivity contribution in [2.75, 3.05) is 26.2 Å². The Balaban J connectivity index is 3.73. The molecule has 0 bridgehead atoms. The van der Waals surface area contributed by atoms with Crippen LogP contribution in [-0.2, 0) is 0 Å². The number of rotatable bonds is 2. The molecule has 2 heteroatoms. The molecular formula is C6H16FP. The zero-order chi connectivity index (χ0) is 6.86. The van der Waals surface area contributed by atoms with E-state index < -0.39 is 6.91 Å². The second kappa shape index (κ2) is 1.95. The molecular weight excluding hydrogens is 122 g/mol. The Labute approximate surface area is 51.5 Å². The molecule has 0 rings (SSSR count). The van der Waals surface area contributed by atoms with E-state index in [9.17, 15) is 4.20 Å². The molecule has 0 heterocycles. The fourth-order valence-electron chi connectivity index (χ4n) is 0.755. The van der Waals surface area contributed by atoms with Crippen molar-refractivity contribution in [2.24, 2.45) is 0 Å². The van der Waals surface area contributed by atoms with Gasteiger partial charge in [0.1, 0.15) is 0 Å². The van der Waals surface area contributed by atoms with E-state index in [2.05, 4.69) is 0 Å². The first kappa shape index (κ1) is 8.36. The van der Waals surface area contributed by atoms with Gasteiger partial charge in [-0.25, -0.2) is 0 Å². The molecule has 8 heavy (non-hydrogen) atoms. The van der Waals surface area contributed by atoms with E-state index >= 15 is 0 Å². The van der Waals surface area contributed by atoms with Crippen LogP contribution in [0.25, 0.3) is 0 Å². The van der Waals surface area contributed by atoms with Gasteiger partial charge >= 0.3 is 50.6 Å². The maximum absolute atomic E-state index is 13.2. The first-order valence-electron chi connectivity index (χ1n) is 3.03. The van der Waals surface area contributed by atoms with Gasteiger partial charge in [-0.3, -0.25) is 0 Å². The minimum absolute atomic E-state index is 0.769. The van der Waals surface area contributed by atoms with Gasteiger partial charge in [-0.15, -0.1) is 0 Å². The minimum atomic E-state index is -2.60. The molecule has 0 amide bonds. The van der Waals surface area contributed by atoms with Crippen LogP contribution in [0.2, 0.25) is 0 Å². The Kier molecular flexibility index (Phi) is 2.04. The monoisotopic (exact) mass is 138 g/mol. The van der Waals surface area contributed by atoms with Crippen LogP contribution in [0.5, 0.6) is 0 Å². The van der Waals surface area contributed by atoms with Gasteiger partial charge in [-0.1, -0.05) is 0 Å². The molecule has 0 fully saturated rings. The molecule has 0 aliphatic carbocycles. The normalized spacial score (nSPS) is 17.4. The molecule has 0 spiro atoms. The van der Waals surface area contributed by atoms with Gasteiger partial charge in [0.2, 0.25) is 0 Å². The molecule has 0 aromatic rings. The standard InChI is InChI=1S/C6H16FP/c1-5-6-8(2,3,4)7/h5-6H2,1-4H3. The molecule has 0 saturated carbocycles. The van der Waals surface area contributed by atoms with Crippen LogP contribution in [0.15, 0.2) is 0 Å². The van der Waals surface area contributed by atoms with Crippen molar-refractivity contribution < 1.29 is 4.20 Å². The maximum atomic E-state index is 13.2. The third kappa shape index (κ3) is 6.36. The summed E-state index contributed by atoms with van der Waals surface area (Å²) in [6.45, 7) is 4.70. The van der Waals surface area contributed by atoms with Crippen LogP contribution in [0.4, 0.5) is 4.20 Å². The molecule has 0 aliphatic rings. The Morgan fingerprint density at radius 2 is 1.62 bits per heavy atom. The number of halogens is 1. The van der Waals surface area contributed by atoms with E-state index in [0.717, 1.165) is 12.6 Å². The number of hydrogen-bond donors (Lipinski definition) is 0. The number of hydrogen-bond acceptors (Lipinski definition) is 0. The van der Waals surface area contributed by atoms with Gasteiger partial charge in [-0.05, 0) is 0 Å². The van der Waals surface area contributed by atoms with Crippen molar-refractivity contribution in [3.63, 3.8) is 0 Å². The first-order chi connectivity index (χ1) is 3.31. The van der Waals surface area contributed by atoms with Crippen LogP contribution < -0.4 is 0 Å². The van der Waals surface area contributed by atoms with Crippen LogP contribution in [0, 0.1) is 0 Å². The van der Waals surface area contributed by atoms with Crippen molar-refractivity contribution in [3.8, 4) is 0 Å². The van der Waals surface area contributed by atoms with Crippen LogP contribution >= 0.6 is 6.91 Å². The second-order valence-corrected chi connectivity index (χ2v) is 9.92. The molecule has 52 valence electrons. The van der Waals surface area contributed by atoms with Crippen molar-refractivity contribution in [1.29, 1.82) is 0 Å². The Hall–Kier alpha value is 0.360. The predicted molar refractivity (Wildman–Crippen MR) is 41.0 cm³/mol. The zero-order valence-electron chi connectivity index (χ0n) is 6.24. The third-order valence-electron chi connectivity index (χ3n) is 0.979. The Morgan fingerprint density at radius 3 is 1.62 bits per heavy atom. The van der Waals surface area contributed by atoms with Gasteiger partial charge in [-0.2, -0.15) is 0 Å². The summed E-state index contributed by atoms with van der Waals surface area (Å²) >= 11 is 0. The van der Waals surface area contributed by atoms with Crippen molar-refractivity contribution >= 4 is 6.91 Å². The summed E-state index contributed by atoms with van der Waals surface area (Å²) < 4.78 is 13.2. The van der Waals surface area contributed by atoms with E-state index in [-0.39, 0.29) is 0 Å². The molecule has 0 N–H and O–H groups in total. The van der Waals surface area contributed by atoms with Gasteiger partial charge in [0.15, 0.2) is 0 Å².